The molecule has 0 heterocycles. The van der Waals surface area contributed by atoms with Gasteiger partial charge in [-0.2, -0.15) is 4.31 Å². The highest BCUT2D eigenvalue weighted by atomic mass is 32.2. The summed E-state index contributed by atoms with van der Waals surface area (Å²) in [6.07, 6.45) is -0.0180. The average Bonchev–Trinajstić information content (AvgIpc) is 2.62. The molecule has 0 aromatic heterocycles. The van der Waals surface area contributed by atoms with E-state index in [2.05, 4.69) is 0 Å². The van der Waals surface area contributed by atoms with Gasteiger partial charge in [-0.3, -0.25) is 0 Å². The number of aliphatic hydroxyl groups is 1. The van der Waals surface area contributed by atoms with Crippen molar-refractivity contribution in [2.75, 3.05) is 13.1 Å². The molecule has 0 spiro atoms. The Morgan fingerprint density at radius 1 is 0.885 bits per heavy atom. The Bertz CT molecular complexity index is 760. The maximum Gasteiger partial charge on any atom is 0.243 e. The highest BCUT2D eigenvalue weighted by Crippen LogP contribution is 2.20. The van der Waals surface area contributed by atoms with Gasteiger partial charge in [-0.15, -0.1) is 0 Å². The molecular weight excluding hydrogens is 346 g/mol. The van der Waals surface area contributed by atoms with Gasteiger partial charge in [0.05, 0.1) is 11.0 Å². The van der Waals surface area contributed by atoms with Gasteiger partial charge < -0.3 is 5.11 Å². The van der Waals surface area contributed by atoms with Crippen LogP contribution in [0.25, 0.3) is 0 Å². The van der Waals surface area contributed by atoms with Gasteiger partial charge >= 0.3 is 0 Å². The van der Waals surface area contributed by atoms with Crippen LogP contribution in [-0.4, -0.2) is 37.0 Å². The number of benzene rings is 2. The molecule has 26 heavy (non-hydrogen) atoms. The summed E-state index contributed by atoms with van der Waals surface area (Å²) in [6.45, 7) is 6.40. The minimum Gasteiger partial charge on any atom is -0.391 e. The van der Waals surface area contributed by atoms with Gasteiger partial charge in [0.1, 0.15) is 0 Å². The van der Waals surface area contributed by atoms with Crippen LogP contribution in [0.3, 0.4) is 0 Å². The number of rotatable bonds is 9. The van der Waals surface area contributed by atoms with Gasteiger partial charge in [0.2, 0.25) is 10.0 Å². The lowest BCUT2D eigenvalue weighted by Gasteiger charge is -2.28. The van der Waals surface area contributed by atoms with Gasteiger partial charge in [-0.1, -0.05) is 69.3 Å². The topological polar surface area (TPSA) is 57.6 Å². The predicted molar refractivity (Wildman–Crippen MR) is 105 cm³/mol. The largest absolute Gasteiger partial charge is 0.391 e. The fraction of sp³-hybridized carbons (Fsp3) is 0.429. The first-order valence-corrected chi connectivity index (χ1v) is 10.5. The first-order chi connectivity index (χ1) is 12.3. The van der Waals surface area contributed by atoms with E-state index in [1.54, 1.807) is 30.3 Å². The number of hydrogen-bond acceptors (Lipinski definition) is 3. The Morgan fingerprint density at radius 3 is 1.96 bits per heavy atom. The van der Waals surface area contributed by atoms with Crippen molar-refractivity contribution in [3.8, 4) is 0 Å². The van der Waals surface area contributed by atoms with Crippen LogP contribution in [0.2, 0.25) is 0 Å². The van der Waals surface area contributed by atoms with E-state index in [0.717, 1.165) is 5.56 Å². The fourth-order valence-electron chi connectivity index (χ4n) is 2.93. The first-order valence-electron chi connectivity index (χ1n) is 9.08. The molecule has 0 aliphatic carbocycles. The van der Waals surface area contributed by atoms with E-state index in [4.69, 9.17) is 0 Å². The molecule has 0 radical (unpaired) electrons. The minimum absolute atomic E-state index is 0.0435. The summed E-state index contributed by atoms with van der Waals surface area (Å²) in [5.74, 6) is 0.128. The van der Waals surface area contributed by atoms with Crippen molar-refractivity contribution >= 4 is 10.0 Å². The van der Waals surface area contributed by atoms with E-state index in [9.17, 15) is 13.5 Å². The molecule has 0 fully saturated rings. The highest BCUT2D eigenvalue weighted by Gasteiger charge is 2.29. The second-order valence-electron chi connectivity index (χ2n) is 7.26. The summed E-state index contributed by atoms with van der Waals surface area (Å²) in [7, 11) is -3.62. The molecule has 0 saturated carbocycles. The maximum absolute atomic E-state index is 13.0. The van der Waals surface area contributed by atoms with E-state index in [1.165, 1.54) is 4.31 Å². The summed E-state index contributed by atoms with van der Waals surface area (Å²) in [5, 5.41) is 10.7. The maximum atomic E-state index is 13.0. The molecule has 0 amide bonds. The van der Waals surface area contributed by atoms with Crippen molar-refractivity contribution in [3.63, 3.8) is 0 Å². The Hall–Kier alpha value is -1.69. The average molecular weight is 376 g/mol. The standard InChI is InChI=1S/C21H29NO3S/c1-17(2)15-22(26(24,25)20-12-8-5-9-13-20)16-21(23)18(3)14-19-10-6-4-7-11-19/h4-13,17-18,21,23H,14-16H2,1-3H3/t18-,21+/m0/s1. The molecule has 5 heteroatoms. The SMILES string of the molecule is CC(C)CN(C[C@@H](O)[C@@H](C)Cc1ccccc1)S(=O)(=O)c1ccccc1. The molecule has 0 unspecified atom stereocenters. The molecular formula is C21H29NO3S. The van der Waals surface area contributed by atoms with Crippen molar-refractivity contribution in [2.24, 2.45) is 11.8 Å². The number of sulfonamides is 1. The van der Waals surface area contributed by atoms with Crippen molar-refractivity contribution in [2.45, 2.75) is 38.2 Å². The molecule has 142 valence electrons. The van der Waals surface area contributed by atoms with Crippen molar-refractivity contribution in [3.05, 3.63) is 66.2 Å². The molecule has 2 atom stereocenters. The Morgan fingerprint density at radius 2 is 1.42 bits per heavy atom. The fourth-order valence-corrected chi connectivity index (χ4v) is 4.57. The van der Waals surface area contributed by atoms with Crippen LogP contribution >= 0.6 is 0 Å². The van der Waals surface area contributed by atoms with Crippen LogP contribution in [0, 0.1) is 11.8 Å². The monoisotopic (exact) mass is 375 g/mol. The predicted octanol–water partition coefficient (Wildman–Crippen LogP) is 3.57. The summed E-state index contributed by atoms with van der Waals surface area (Å²) >= 11 is 0. The lowest BCUT2D eigenvalue weighted by Crippen LogP contribution is -2.42. The Kier molecular flexibility index (Phi) is 7.38. The van der Waals surface area contributed by atoms with Gasteiger partial charge in [-0.05, 0) is 36.0 Å². The van der Waals surface area contributed by atoms with Crippen LogP contribution in [-0.2, 0) is 16.4 Å². The zero-order valence-corrected chi connectivity index (χ0v) is 16.6. The smallest absolute Gasteiger partial charge is 0.243 e. The minimum atomic E-state index is -3.62. The third-order valence-electron chi connectivity index (χ3n) is 4.40. The van der Waals surface area contributed by atoms with Gasteiger partial charge in [0.25, 0.3) is 0 Å². The molecule has 4 nitrogen and oxygen atoms in total. The van der Waals surface area contributed by atoms with Crippen LogP contribution in [0.5, 0.6) is 0 Å². The third-order valence-corrected chi connectivity index (χ3v) is 6.24. The molecule has 1 N–H and O–H groups in total. The van der Waals surface area contributed by atoms with Crippen molar-refractivity contribution < 1.29 is 13.5 Å². The quantitative estimate of drug-likeness (QED) is 0.729. The van der Waals surface area contributed by atoms with E-state index in [1.807, 2.05) is 51.1 Å². The lowest BCUT2D eigenvalue weighted by molar-refractivity contribution is 0.0919. The van der Waals surface area contributed by atoms with Crippen LogP contribution in [0.1, 0.15) is 26.3 Å². The summed E-state index contributed by atoms with van der Waals surface area (Å²) in [6, 6.07) is 18.4. The van der Waals surface area contributed by atoms with Gasteiger partial charge in [0, 0.05) is 13.1 Å². The zero-order chi connectivity index (χ0) is 19.2. The van der Waals surface area contributed by atoms with Crippen molar-refractivity contribution in [1.29, 1.82) is 0 Å². The normalized spacial score (nSPS) is 14.5. The molecule has 2 aromatic rings. The summed E-state index contributed by atoms with van der Waals surface area (Å²) in [5.41, 5.74) is 1.14. The molecule has 0 saturated heterocycles. The highest BCUT2D eigenvalue weighted by molar-refractivity contribution is 7.89. The Balaban J connectivity index is 2.14. The van der Waals surface area contributed by atoms with E-state index in [0.29, 0.717) is 13.0 Å². The number of hydrogen-bond donors (Lipinski definition) is 1. The lowest BCUT2D eigenvalue weighted by atomic mass is 9.96. The first kappa shape index (κ1) is 20.6. The molecule has 0 aliphatic heterocycles. The summed E-state index contributed by atoms with van der Waals surface area (Å²) in [4.78, 5) is 0.267. The molecule has 0 aliphatic rings. The molecule has 2 rings (SSSR count). The molecule has 2 aromatic carbocycles. The molecule has 0 bridgehead atoms. The van der Waals surface area contributed by atoms with Gasteiger partial charge in [-0.25, -0.2) is 8.42 Å². The third kappa shape index (κ3) is 5.66. The van der Waals surface area contributed by atoms with E-state index >= 15 is 0 Å². The van der Waals surface area contributed by atoms with Crippen molar-refractivity contribution in [1.82, 2.24) is 4.31 Å². The number of nitrogens with zero attached hydrogens (tertiary/aromatic N) is 1. The van der Waals surface area contributed by atoms with E-state index in [-0.39, 0.29) is 23.3 Å². The van der Waals surface area contributed by atoms with Gasteiger partial charge in [0.15, 0.2) is 0 Å². The Labute approximate surface area is 157 Å². The number of aliphatic hydroxyl groups excluding tert-OH is 1. The van der Waals surface area contributed by atoms with Crippen LogP contribution in [0.15, 0.2) is 65.6 Å². The van der Waals surface area contributed by atoms with Crippen LogP contribution in [0.4, 0.5) is 0 Å². The van der Waals surface area contributed by atoms with E-state index < -0.39 is 16.1 Å². The zero-order valence-electron chi connectivity index (χ0n) is 15.7. The summed E-state index contributed by atoms with van der Waals surface area (Å²) < 4.78 is 27.4. The van der Waals surface area contributed by atoms with Crippen LogP contribution < -0.4 is 0 Å². The second kappa shape index (κ2) is 9.31. The second-order valence-corrected chi connectivity index (χ2v) is 9.20.